The second kappa shape index (κ2) is 35.1. The molecule has 0 N–H and O–H groups in total. The maximum atomic E-state index is 2.37. The highest BCUT2D eigenvalue weighted by Gasteiger charge is 2.40. The van der Waals surface area contributed by atoms with Crippen molar-refractivity contribution in [2.24, 2.45) is 14.1 Å². The molecule has 6 aliphatic carbocycles. The fourth-order valence-electron chi connectivity index (χ4n) is 22.5. The summed E-state index contributed by atoms with van der Waals surface area (Å²) in [5, 5.41) is 10.9. The lowest BCUT2D eigenvalue weighted by Crippen LogP contribution is -2.19. The van der Waals surface area contributed by atoms with Crippen molar-refractivity contribution in [1.82, 2.24) is 9.13 Å². The fraction of sp³-hybridized carbons (Fsp3) is 0.200. The van der Waals surface area contributed by atoms with E-state index < -0.39 is 0 Å². The molecular formula is C130H122N2. The minimum atomic E-state index is 0.151. The van der Waals surface area contributed by atoms with E-state index >= 15 is 0 Å². The van der Waals surface area contributed by atoms with Crippen LogP contribution >= 0.6 is 0 Å². The van der Waals surface area contributed by atoms with Gasteiger partial charge in [-0.3, -0.25) is 0 Å². The second-order valence-electron chi connectivity index (χ2n) is 39.5. The van der Waals surface area contributed by atoms with Crippen molar-refractivity contribution in [1.29, 1.82) is 0 Å². The average molecular weight is 1710 g/mol. The lowest BCUT2D eigenvalue weighted by Gasteiger charge is -2.25. The van der Waals surface area contributed by atoms with Gasteiger partial charge in [0.25, 0.3) is 0 Å². The fourth-order valence-corrected chi connectivity index (χ4v) is 22.5. The number of hydrogen-bond donors (Lipinski definition) is 0. The van der Waals surface area contributed by atoms with Gasteiger partial charge in [-0.2, -0.15) is 0 Å². The van der Waals surface area contributed by atoms with E-state index in [9.17, 15) is 0 Å². The van der Waals surface area contributed by atoms with Gasteiger partial charge in [-0.05, 0) is 272 Å². The highest BCUT2D eigenvalue weighted by atomic mass is 14.9. The summed E-state index contributed by atoms with van der Waals surface area (Å²) in [6, 6.07) is 133. The van der Waals surface area contributed by atoms with Crippen molar-refractivity contribution in [3.8, 4) is 66.8 Å². The summed E-state index contributed by atoms with van der Waals surface area (Å²) >= 11 is 0. The molecule has 0 amide bonds. The van der Waals surface area contributed by atoms with Crippen LogP contribution in [0.2, 0.25) is 0 Å². The van der Waals surface area contributed by atoms with Crippen molar-refractivity contribution < 1.29 is 0 Å². The van der Waals surface area contributed by atoms with E-state index in [1.54, 1.807) is 0 Å². The topological polar surface area (TPSA) is 9.86 Å². The lowest BCUT2D eigenvalue weighted by molar-refractivity contribution is 0.564. The second-order valence-corrected chi connectivity index (χ2v) is 39.5. The summed E-state index contributed by atoms with van der Waals surface area (Å²) in [6.45, 7) is 35.9. The normalized spacial score (nSPS) is 15.2. The Morgan fingerprint density at radius 1 is 0.205 bits per heavy atom. The number of nitrogens with zero attached hydrogens (tertiary/aromatic N) is 2. The third-order valence-electron chi connectivity index (χ3n) is 30.1. The Labute approximate surface area is 783 Å². The molecule has 2 heteroatoms. The van der Waals surface area contributed by atoms with Crippen LogP contribution in [0.15, 0.2) is 364 Å². The third kappa shape index (κ3) is 15.6. The quantitative estimate of drug-likeness (QED) is 0.163. The van der Waals surface area contributed by atoms with Crippen LogP contribution < -0.4 is 0 Å². The Bertz CT molecular complexity index is 7890. The van der Waals surface area contributed by atoms with E-state index in [1.807, 2.05) is 0 Å². The first kappa shape index (κ1) is 87.4. The number of para-hydroxylation sites is 2. The van der Waals surface area contributed by atoms with Gasteiger partial charge in [0.2, 0.25) is 0 Å². The Morgan fingerprint density at radius 3 is 1.10 bits per heavy atom. The van der Waals surface area contributed by atoms with E-state index in [1.165, 1.54) is 243 Å². The van der Waals surface area contributed by atoms with Crippen LogP contribution in [0, 0.1) is 55.4 Å². The molecule has 0 spiro atoms. The smallest absolute Gasteiger partial charge is 0.0491 e. The molecule has 2 atom stereocenters. The minimum absolute atomic E-state index is 0.151. The van der Waals surface area contributed by atoms with E-state index in [0.717, 1.165) is 25.7 Å². The van der Waals surface area contributed by atoms with Crippen molar-refractivity contribution in [3.63, 3.8) is 0 Å². The van der Waals surface area contributed by atoms with Gasteiger partial charge in [0.15, 0.2) is 0 Å². The number of aryl methyl sites for hydroxylation is 10. The number of benzene rings is 18. The number of aromatic nitrogens is 2. The zero-order valence-corrected chi connectivity index (χ0v) is 80.4. The zero-order valence-electron chi connectivity index (χ0n) is 80.4. The summed E-state index contributed by atoms with van der Waals surface area (Å²) in [6.07, 6.45) is 4.46. The van der Waals surface area contributed by atoms with Gasteiger partial charge < -0.3 is 9.13 Å². The molecular weight excluding hydrogens is 1590 g/mol. The largest absolute Gasteiger partial charge is 0.344 e. The van der Waals surface area contributed by atoms with Crippen LogP contribution in [0.4, 0.5) is 0 Å². The molecule has 132 heavy (non-hydrogen) atoms. The van der Waals surface area contributed by atoms with E-state index in [0.29, 0.717) is 0 Å². The predicted octanol–water partition coefficient (Wildman–Crippen LogP) is 34.7. The standard InChI is InChI=1S/2C18H14.2C17H18.2C16H16.2C14H13N/c1-12-6-8-16-14(10-12)11-18-15-5-3-2-4-13(15)7-9-17(16)18;1-12-6-7-14-11-18-15-5-3-2-4-13(15)8-9-16(18)17(14)10-12;1-4-17(3)15-8-6-5-7-13(15)14-11-12(2)9-10-16(14)17;1-4-17(3)15-8-6-5-7-13(15)14-10-9-12(2)11-16(14)17;1-11-8-9-15-13(10-11)12-6-4-5-7-14(12)16(15,2)3;1-11-8-9-13-12-6-4-5-7-14(12)16(2,3)15(13)10-11;1-10-7-8-14-12(9-10)11-5-3-4-6-13(11)15(14)2;1-10-7-8-12-11-5-3-4-6-13(11)15(2)14(12)9-10/h2*2-10H,11H2,1H3;2*5-11H,4H2,1-3H3;2*4-10H,1-3H3;2*3-9H,1-2H3. The SMILES string of the molecule is CCC1(C)c2ccccc2-c2cc(C)ccc21.CCC1(C)c2ccccc2-c2ccc(C)cc21.Cc1ccc2c(c1)-c1ccc3ccccc3c1C2.Cc1ccc2c(c1)-c1ccccc1C2(C)C.Cc1ccc2c(c1)C(C)(C)c1ccccc1-2.Cc1ccc2c(c1)Cc1c-2ccc2ccccc12.Cc1ccc2c(c1)c1ccccc1n2C.Cc1ccc2c3ccccc3n(C)c2c1. The van der Waals surface area contributed by atoms with Crippen molar-refractivity contribution in [2.75, 3.05) is 0 Å². The van der Waals surface area contributed by atoms with Gasteiger partial charge in [0.1, 0.15) is 0 Å². The Balaban J connectivity index is 0.0000000975. The lowest BCUT2D eigenvalue weighted by atomic mass is 9.78. The van der Waals surface area contributed by atoms with E-state index in [4.69, 9.17) is 0 Å². The molecule has 20 aromatic rings. The summed E-state index contributed by atoms with van der Waals surface area (Å²) in [7, 11) is 4.25. The average Bonchev–Trinajstić information content (AvgIpc) is 1.58. The highest BCUT2D eigenvalue weighted by Crippen LogP contribution is 2.55. The molecule has 0 saturated carbocycles. The monoisotopic (exact) mass is 1710 g/mol. The van der Waals surface area contributed by atoms with Crippen molar-refractivity contribution >= 4 is 65.2 Å². The van der Waals surface area contributed by atoms with Gasteiger partial charge in [-0.15, -0.1) is 0 Å². The molecule has 6 aliphatic rings. The van der Waals surface area contributed by atoms with Gasteiger partial charge in [0.05, 0.1) is 0 Å². The first-order valence-corrected chi connectivity index (χ1v) is 47.7. The van der Waals surface area contributed by atoms with Crippen molar-refractivity contribution in [3.05, 3.63) is 475 Å². The molecule has 652 valence electrons. The first-order valence-electron chi connectivity index (χ1n) is 47.7. The first-order chi connectivity index (χ1) is 63.7. The molecule has 0 radical (unpaired) electrons. The summed E-state index contributed by atoms with van der Waals surface area (Å²) in [5.74, 6) is 0. The summed E-state index contributed by atoms with van der Waals surface area (Å²) in [5.41, 5.74) is 51.4. The Hall–Kier alpha value is -13.9. The molecule has 26 rings (SSSR count). The molecule has 2 nitrogen and oxygen atoms in total. The summed E-state index contributed by atoms with van der Waals surface area (Å²) in [4.78, 5) is 0. The maximum absolute atomic E-state index is 2.37. The Morgan fingerprint density at radius 2 is 0.523 bits per heavy atom. The molecule has 2 heterocycles. The predicted molar refractivity (Wildman–Crippen MR) is 568 cm³/mol. The molecule has 0 saturated heterocycles. The van der Waals surface area contributed by atoms with Crippen molar-refractivity contribution in [2.45, 2.75) is 158 Å². The van der Waals surface area contributed by atoms with Gasteiger partial charge in [-0.1, -0.05) is 428 Å². The van der Waals surface area contributed by atoms with Crippen LogP contribution in [-0.2, 0) is 48.6 Å². The third-order valence-corrected chi connectivity index (χ3v) is 30.1. The van der Waals surface area contributed by atoms with Crippen LogP contribution in [-0.4, -0.2) is 9.13 Å². The van der Waals surface area contributed by atoms with E-state index in [2.05, 4.69) is 498 Å². The highest BCUT2D eigenvalue weighted by molar-refractivity contribution is 6.09. The molecule has 0 aliphatic heterocycles. The Kier molecular flexibility index (Phi) is 23.2. The van der Waals surface area contributed by atoms with Gasteiger partial charge in [0, 0.05) is 79.4 Å². The molecule has 2 unspecified atom stereocenters. The number of hydrogen-bond acceptors (Lipinski definition) is 0. The molecule has 0 bridgehead atoms. The molecule has 0 fully saturated rings. The molecule has 2 aromatic heterocycles. The summed E-state index contributed by atoms with van der Waals surface area (Å²) < 4.78 is 4.52. The van der Waals surface area contributed by atoms with Crippen LogP contribution in [0.5, 0.6) is 0 Å². The maximum Gasteiger partial charge on any atom is 0.0491 e. The van der Waals surface area contributed by atoms with Crippen LogP contribution in [0.1, 0.15) is 180 Å². The minimum Gasteiger partial charge on any atom is -0.344 e. The number of fused-ring (bicyclic) bond motifs is 28. The van der Waals surface area contributed by atoms with E-state index in [-0.39, 0.29) is 21.7 Å². The van der Waals surface area contributed by atoms with Crippen LogP contribution in [0.25, 0.3) is 132 Å². The van der Waals surface area contributed by atoms with Crippen LogP contribution in [0.3, 0.4) is 0 Å². The van der Waals surface area contributed by atoms with Gasteiger partial charge >= 0.3 is 0 Å². The number of rotatable bonds is 2. The molecule has 18 aromatic carbocycles. The zero-order chi connectivity index (χ0) is 91.8. The van der Waals surface area contributed by atoms with Gasteiger partial charge in [-0.25, -0.2) is 0 Å².